The van der Waals surface area contributed by atoms with E-state index in [1.165, 1.54) is 0 Å². The van der Waals surface area contributed by atoms with E-state index in [1.54, 1.807) is 0 Å². The Morgan fingerprint density at radius 3 is 2.42 bits per heavy atom. The third-order valence-corrected chi connectivity index (χ3v) is 2.41. The summed E-state index contributed by atoms with van der Waals surface area (Å²) < 4.78 is 0. The fourth-order valence-corrected chi connectivity index (χ4v) is 1.48. The molecule has 0 spiro atoms. The highest BCUT2D eigenvalue weighted by molar-refractivity contribution is 4.86. The minimum Gasteiger partial charge on any atom is -0.289 e. The first-order chi connectivity index (χ1) is 5.76. The van der Waals surface area contributed by atoms with Gasteiger partial charge in [0.1, 0.15) is 5.79 Å². The van der Waals surface area contributed by atoms with E-state index in [2.05, 4.69) is 26.4 Å². The van der Waals surface area contributed by atoms with Crippen molar-refractivity contribution < 1.29 is 0 Å². The molecule has 1 aliphatic rings. The van der Waals surface area contributed by atoms with E-state index in [0.717, 1.165) is 19.6 Å². The molecule has 0 amide bonds. The summed E-state index contributed by atoms with van der Waals surface area (Å²) in [6.45, 7) is 2.90. The SMILES string of the molecule is CNN1CCNC(NC)(NC)C1. The Morgan fingerprint density at radius 2 is 1.92 bits per heavy atom. The van der Waals surface area contributed by atoms with E-state index < -0.39 is 0 Å². The largest absolute Gasteiger partial charge is 0.289 e. The number of likely N-dealkylation sites (N-methyl/N-ethyl adjacent to an activating group) is 2. The Balaban J connectivity index is 2.52. The predicted molar refractivity (Wildman–Crippen MR) is 49.5 cm³/mol. The van der Waals surface area contributed by atoms with Gasteiger partial charge in [-0.05, 0) is 21.1 Å². The minimum absolute atomic E-state index is 0.152. The monoisotopic (exact) mass is 173 g/mol. The van der Waals surface area contributed by atoms with Crippen molar-refractivity contribution in [2.45, 2.75) is 5.79 Å². The van der Waals surface area contributed by atoms with Gasteiger partial charge in [0, 0.05) is 13.1 Å². The van der Waals surface area contributed by atoms with Crippen LogP contribution in [0.4, 0.5) is 0 Å². The molecular formula is C7H19N5. The van der Waals surface area contributed by atoms with Crippen LogP contribution in [0.5, 0.6) is 0 Å². The molecule has 0 aromatic heterocycles. The van der Waals surface area contributed by atoms with E-state index in [4.69, 9.17) is 0 Å². The first kappa shape index (κ1) is 9.88. The first-order valence-electron chi connectivity index (χ1n) is 4.31. The molecule has 1 rings (SSSR count). The van der Waals surface area contributed by atoms with Crippen molar-refractivity contribution in [2.75, 3.05) is 40.8 Å². The molecule has 5 heteroatoms. The highest BCUT2D eigenvalue weighted by Crippen LogP contribution is 2.01. The van der Waals surface area contributed by atoms with Gasteiger partial charge in [-0.3, -0.25) is 21.4 Å². The zero-order valence-electron chi connectivity index (χ0n) is 8.07. The topological polar surface area (TPSA) is 51.4 Å². The summed E-state index contributed by atoms with van der Waals surface area (Å²) >= 11 is 0. The molecule has 0 aromatic carbocycles. The lowest BCUT2D eigenvalue weighted by Crippen LogP contribution is -2.74. The lowest BCUT2D eigenvalue weighted by atomic mass is 10.2. The summed E-state index contributed by atoms with van der Waals surface area (Å²) in [7, 11) is 5.84. The fraction of sp³-hybridized carbons (Fsp3) is 1.00. The van der Waals surface area contributed by atoms with Crippen LogP contribution >= 0.6 is 0 Å². The second-order valence-corrected chi connectivity index (χ2v) is 2.98. The van der Waals surface area contributed by atoms with Crippen molar-refractivity contribution in [3.8, 4) is 0 Å². The molecule has 0 atom stereocenters. The van der Waals surface area contributed by atoms with Crippen LogP contribution in [0, 0.1) is 0 Å². The Hall–Kier alpha value is -0.200. The molecule has 72 valence electrons. The first-order valence-corrected chi connectivity index (χ1v) is 4.31. The Bertz CT molecular complexity index is 134. The van der Waals surface area contributed by atoms with Gasteiger partial charge >= 0.3 is 0 Å². The number of hydrogen-bond donors (Lipinski definition) is 4. The van der Waals surface area contributed by atoms with E-state index in [-0.39, 0.29) is 5.79 Å². The standard InChI is InChI=1S/C7H19N5/c1-8-7(9-2)6-12(10-3)5-4-11-7/h8-11H,4-6H2,1-3H3. The molecule has 0 bridgehead atoms. The van der Waals surface area contributed by atoms with Crippen LogP contribution < -0.4 is 21.4 Å². The van der Waals surface area contributed by atoms with Gasteiger partial charge in [-0.15, -0.1) is 0 Å². The maximum atomic E-state index is 3.39. The molecule has 0 unspecified atom stereocenters. The zero-order chi connectivity index (χ0) is 9.03. The summed E-state index contributed by atoms with van der Waals surface area (Å²) in [6, 6.07) is 0. The quantitative estimate of drug-likeness (QED) is 0.376. The molecule has 12 heavy (non-hydrogen) atoms. The second-order valence-electron chi connectivity index (χ2n) is 2.98. The van der Waals surface area contributed by atoms with Gasteiger partial charge in [-0.1, -0.05) is 0 Å². The average Bonchev–Trinajstić information content (AvgIpc) is 2.18. The number of hydrazine groups is 1. The minimum atomic E-state index is -0.152. The van der Waals surface area contributed by atoms with Crippen molar-refractivity contribution in [1.82, 2.24) is 26.4 Å². The zero-order valence-corrected chi connectivity index (χ0v) is 8.07. The molecule has 0 saturated carbocycles. The highest BCUT2D eigenvalue weighted by atomic mass is 15.6. The number of hydrogen-bond acceptors (Lipinski definition) is 5. The third-order valence-electron chi connectivity index (χ3n) is 2.41. The van der Waals surface area contributed by atoms with Gasteiger partial charge in [0.2, 0.25) is 0 Å². The Labute approximate surface area is 73.9 Å². The molecule has 1 aliphatic heterocycles. The average molecular weight is 173 g/mol. The van der Waals surface area contributed by atoms with Crippen molar-refractivity contribution >= 4 is 0 Å². The maximum Gasteiger partial charge on any atom is 0.137 e. The van der Waals surface area contributed by atoms with Crippen molar-refractivity contribution in [2.24, 2.45) is 0 Å². The third kappa shape index (κ3) is 1.94. The van der Waals surface area contributed by atoms with E-state index in [0.29, 0.717) is 0 Å². The Morgan fingerprint density at radius 1 is 1.25 bits per heavy atom. The summed E-state index contributed by atoms with van der Waals surface area (Å²) in [5, 5.41) is 12.0. The lowest BCUT2D eigenvalue weighted by Gasteiger charge is -2.42. The number of nitrogens with zero attached hydrogens (tertiary/aromatic N) is 1. The molecular weight excluding hydrogens is 154 g/mol. The van der Waals surface area contributed by atoms with E-state index in [9.17, 15) is 0 Å². The summed E-state index contributed by atoms with van der Waals surface area (Å²) in [5.41, 5.74) is 3.14. The molecule has 5 nitrogen and oxygen atoms in total. The predicted octanol–water partition coefficient (Wildman–Crippen LogP) is -1.88. The van der Waals surface area contributed by atoms with Crippen molar-refractivity contribution in [1.29, 1.82) is 0 Å². The van der Waals surface area contributed by atoms with Gasteiger partial charge in [-0.25, -0.2) is 5.01 Å². The molecule has 1 saturated heterocycles. The van der Waals surface area contributed by atoms with Gasteiger partial charge in [0.25, 0.3) is 0 Å². The van der Waals surface area contributed by atoms with Crippen LogP contribution in [0.2, 0.25) is 0 Å². The lowest BCUT2D eigenvalue weighted by molar-refractivity contribution is 0.0606. The second kappa shape index (κ2) is 4.15. The summed E-state index contributed by atoms with van der Waals surface area (Å²) in [6.07, 6.45) is 0. The number of rotatable bonds is 3. The van der Waals surface area contributed by atoms with Crippen LogP contribution in [0.1, 0.15) is 0 Å². The van der Waals surface area contributed by atoms with Crippen molar-refractivity contribution in [3.05, 3.63) is 0 Å². The normalized spacial score (nSPS) is 24.2. The van der Waals surface area contributed by atoms with Crippen molar-refractivity contribution in [3.63, 3.8) is 0 Å². The van der Waals surface area contributed by atoms with Crippen LogP contribution in [0.15, 0.2) is 0 Å². The van der Waals surface area contributed by atoms with Crippen LogP contribution in [-0.4, -0.2) is 51.6 Å². The Kier molecular flexibility index (Phi) is 3.42. The molecule has 0 radical (unpaired) electrons. The summed E-state index contributed by atoms with van der Waals surface area (Å²) in [4.78, 5) is 0. The van der Waals surface area contributed by atoms with Gasteiger partial charge in [0.15, 0.2) is 0 Å². The fourth-order valence-electron chi connectivity index (χ4n) is 1.48. The van der Waals surface area contributed by atoms with Gasteiger partial charge in [-0.2, -0.15) is 0 Å². The molecule has 1 fully saturated rings. The maximum absolute atomic E-state index is 3.39. The van der Waals surface area contributed by atoms with Crippen LogP contribution in [0.25, 0.3) is 0 Å². The number of nitrogens with one attached hydrogen (secondary N) is 4. The van der Waals surface area contributed by atoms with E-state index >= 15 is 0 Å². The van der Waals surface area contributed by atoms with Gasteiger partial charge in [0.05, 0.1) is 6.54 Å². The van der Waals surface area contributed by atoms with Crippen LogP contribution in [-0.2, 0) is 0 Å². The molecule has 0 aliphatic carbocycles. The van der Waals surface area contributed by atoms with Crippen LogP contribution in [0.3, 0.4) is 0 Å². The molecule has 4 N–H and O–H groups in total. The number of piperazine rings is 1. The smallest absolute Gasteiger partial charge is 0.137 e. The van der Waals surface area contributed by atoms with Gasteiger partial charge < -0.3 is 0 Å². The highest BCUT2D eigenvalue weighted by Gasteiger charge is 2.31. The molecule has 1 heterocycles. The molecule has 0 aromatic rings. The van der Waals surface area contributed by atoms with E-state index in [1.807, 2.05) is 21.1 Å². The summed E-state index contributed by atoms with van der Waals surface area (Å²) in [5.74, 6) is -0.152.